The first-order valence-corrected chi connectivity index (χ1v) is 10.9. The number of methoxy groups -OCH3 is 1. The molecule has 0 aliphatic carbocycles. The summed E-state index contributed by atoms with van der Waals surface area (Å²) in [5.74, 6) is -0.916. The summed E-state index contributed by atoms with van der Waals surface area (Å²) in [7, 11) is 1.47. The van der Waals surface area contributed by atoms with Gasteiger partial charge in [0, 0.05) is 29.9 Å². The van der Waals surface area contributed by atoms with Crippen LogP contribution in [0.4, 0.5) is 21.5 Å². The summed E-state index contributed by atoms with van der Waals surface area (Å²) in [6.07, 6.45) is 2.37. The SMILES string of the molecule is COc1ccc(NC(=O)c2ccc(N3CCCCC3=O)cc2)c(C(=O)Nc2cccc(F)c2)c1. The Labute approximate surface area is 196 Å². The molecule has 3 aromatic rings. The van der Waals surface area contributed by atoms with Crippen LogP contribution in [-0.2, 0) is 4.79 Å². The molecule has 1 fully saturated rings. The summed E-state index contributed by atoms with van der Waals surface area (Å²) < 4.78 is 18.7. The van der Waals surface area contributed by atoms with Gasteiger partial charge in [-0.3, -0.25) is 14.4 Å². The molecule has 0 unspecified atom stereocenters. The van der Waals surface area contributed by atoms with E-state index < -0.39 is 17.6 Å². The molecule has 0 saturated carbocycles. The van der Waals surface area contributed by atoms with E-state index >= 15 is 0 Å². The normalized spacial score (nSPS) is 13.4. The molecule has 7 nitrogen and oxygen atoms in total. The molecule has 4 rings (SSSR count). The zero-order valence-electron chi connectivity index (χ0n) is 18.6. The largest absolute Gasteiger partial charge is 0.497 e. The van der Waals surface area contributed by atoms with Crippen molar-refractivity contribution in [2.75, 3.05) is 29.2 Å². The van der Waals surface area contributed by atoms with Gasteiger partial charge in [-0.05, 0) is 73.5 Å². The fourth-order valence-corrected chi connectivity index (χ4v) is 3.78. The first-order chi connectivity index (χ1) is 16.4. The van der Waals surface area contributed by atoms with Crippen LogP contribution in [0, 0.1) is 5.82 Å². The number of benzene rings is 3. The Balaban J connectivity index is 1.53. The molecule has 8 heteroatoms. The fraction of sp³-hybridized carbons (Fsp3) is 0.192. The predicted octanol–water partition coefficient (Wildman–Crippen LogP) is 4.86. The maximum Gasteiger partial charge on any atom is 0.257 e. The van der Waals surface area contributed by atoms with Crippen LogP contribution in [0.1, 0.15) is 40.0 Å². The van der Waals surface area contributed by atoms with Gasteiger partial charge in [-0.1, -0.05) is 6.07 Å². The van der Waals surface area contributed by atoms with E-state index in [2.05, 4.69) is 10.6 Å². The van der Waals surface area contributed by atoms with Gasteiger partial charge in [0.15, 0.2) is 0 Å². The number of rotatable bonds is 6. The second-order valence-electron chi connectivity index (χ2n) is 7.88. The molecule has 34 heavy (non-hydrogen) atoms. The van der Waals surface area contributed by atoms with Crippen molar-refractivity contribution in [3.8, 4) is 5.75 Å². The third kappa shape index (κ3) is 5.23. The highest BCUT2D eigenvalue weighted by atomic mass is 19.1. The van der Waals surface area contributed by atoms with E-state index in [0.29, 0.717) is 24.3 Å². The summed E-state index contributed by atoms with van der Waals surface area (Å²) in [4.78, 5) is 39.7. The Morgan fingerprint density at radius 3 is 2.44 bits per heavy atom. The minimum absolute atomic E-state index is 0.0793. The average molecular weight is 461 g/mol. The molecular formula is C26H24FN3O4. The van der Waals surface area contributed by atoms with E-state index in [1.807, 2.05) is 0 Å². The topological polar surface area (TPSA) is 87.7 Å². The molecule has 1 heterocycles. The highest BCUT2D eigenvalue weighted by molar-refractivity contribution is 6.12. The third-order valence-electron chi connectivity index (χ3n) is 5.57. The number of carbonyl (C=O) groups excluding carboxylic acids is 3. The molecule has 1 saturated heterocycles. The smallest absolute Gasteiger partial charge is 0.257 e. The number of halogens is 1. The van der Waals surface area contributed by atoms with Crippen molar-refractivity contribution in [3.05, 3.63) is 83.7 Å². The Morgan fingerprint density at radius 1 is 0.941 bits per heavy atom. The van der Waals surface area contributed by atoms with Crippen molar-refractivity contribution in [2.45, 2.75) is 19.3 Å². The van der Waals surface area contributed by atoms with Crippen LogP contribution in [0.25, 0.3) is 0 Å². The molecule has 0 atom stereocenters. The number of nitrogens with one attached hydrogen (secondary N) is 2. The number of anilines is 3. The predicted molar refractivity (Wildman–Crippen MR) is 128 cm³/mol. The lowest BCUT2D eigenvalue weighted by atomic mass is 10.1. The van der Waals surface area contributed by atoms with Crippen LogP contribution >= 0.6 is 0 Å². The van der Waals surface area contributed by atoms with E-state index in [-0.39, 0.29) is 22.8 Å². The number of hydrogen-bond acceptors (Lipinski definition) is 4. The molecule has 0 radical (unpaired) electrons. The first kappa shape index (κ1) is 23.0. The van der Waals surface area contributed by atoms with Gasteiger partial charge in [0.1, 0.15) is 11.6 Å². The molecule has 3 aromatic carbocycles. The van der Waals surface area contributed by atoms with Gasteiger partial charge in [0.05, 0.1) is 18.4 Å². The molecule has 2 N–H and O–H groups in total. The van der Waals surface area contributed by atoms with Gasteiger partial charge in [-0.15, -0.1) is 0 Å². The zero-order chi connectivity index (χ0) is 24.1. The number of carbonyl (C=O) groups is 3. The molecule has 174 valence electrons. The van der Waals surface area contributed by atoms with E-state index in [0.717, 1.165) is 18.5 Å². The van der Waals surface area contributed by atoms with Gasteiger partial charge in [-0.2, -0.15) is 0 Å². The van der Waals surface area contributed by atoms with Gasteiger partial charge >= 0.3 is 0 Å². The lowest BCUT2D eigenvalue weighted by Crippen LogP contribution is -2.35. The molecule has 0 bridgehead atoms. The maximum absolute atomic E-state index is 13.5. The second kappa shape index (κ2) is 10.2. The van der Waals surface area contributed by atoms with Crippen LogP contribution in [0.5, 0.6) is 5.75 Å². The van der Waals surface area contributed by atoms with Crippen molar-refractivity contribution < 1.29 is 23.5 Å². The summed E-state index contributed by atoms with van der Waals surface area (Å²) in [6, 6.07) is 17.0. The molecule has 0 spiro atoms. The van der Waals surface area contributed by atoms with Crippen LogP contribution in [-0.4, -0.2) is 31.4 Å². The van der Waals surface area contributed by atoms with Crippen molar-refractivity contribution in [2.24, 2.45) is 0 Å². The standard InChI is InChI=1S/C26H24FN3O4/c1-34-21-12-13-23(22(16-21)26(33)28-19-6-4-5-18(27)15-19)29-25(32)17-8-10-20(11-9-17)30-14-3-2-7-24(30)31/h4-6,8-13,15-16H,2-3,7,14H2,1H3,(H,28,33)(H,29,32). The third-order valence-corrected chi connectivity index (χ3v) is 5.57. The highest BCUT2D eigenvalue weighted by Crippen LogP contribution is 2.25. The Morgan fingerprint density at radius 2 is 1.74 bits per heavy atom. The van der Waals surface area contributed by atoms with Gasteiger partial charge in [-0.25, -0.2) is 4.39 Å². The number of piperidine rings is 1. The summed E-state index contributed by atoms with van der Waals surface area (Å²) in [5, 5.41) is 5.38. The van der Waals surface area contributed by atoms with Crippen LogP contribution in [0.2, 0.25) is 0 Å². The monoisotopic (exact) mass is 461 g/mol. The summed E-state index contributed by atoms with van der Waals surface area (Å²) in [5.41, 5.74) is 1.84. The summed E-state index contributed by atoms with van der Waals surface area (Å²) >= 11 is 0. The van der Waals surface area contributed by atoms with E-state index in [1.165, 1.54) is 31.4 Å². The lowest BCUT2D eigenvalue weighted by molar-refractivity contribution is -0.119. The number of nitrogens with zero attached hydrogens (tertiary/aromatic N) is 1. The van der Waals surface area contributed by atoms with E-state index in [9.17, 15) is 18.8 Å². The maximum atomic E-state index is 13.5. The van der Waals surface area contributed by atoms with E-state index in [1.54, 1.807) is 47.4 Å². The molecule has 0 aromatic heterocycles. The molecular weight excluding hydrogens is 437 g/mol. The van der Waals surface area contributed by atoms with Crippen molar-refractivity contribution in [3.63, 3.8) is 0 Å². The summed E-state index contributed by atoms with van der Waals surface area (Å²) in [6.45, 7) is 0.667. The highest BCUT2D eigenvalue weighted by Gasteiger charge is 2.20. The Hall–Kier alpha value is -4.20. The molecule has 1 aliphatic rings. The van der Waals surface area contributed by atoms with Gasteiger partial charge < -0.3 is 20.3 Å². The first-order valence-electron chi connectivity index (χ1n) is 10.9. The minimum atomic E-state index is -0.529. The Kier molecular flexibility index (Phi) is 6.87. The van der Waals surface area contributed by atoms with Crippen molar-refractivity contribution in [1.82, 2.24) is 0 Å². The zero-order valence-corrected chi connectivity index (χ0v) is 18.6. The van der Waals surface area contributed by atoms with Crippen LogP contribution in [0.15, 0.2) is 66.7 Å². The average Bonchev–Trinajstić information content (AvgIpc) is 2.84. The Bertz CT molecular complexity index is 1230. The van der Waals surface area contributed by atoms with Gasteiger partial charge in [0.2, 0.25) is 5.91 Å². The molecule has 1 aliphatic heterocycles. The quantitative estimate of drug-likeness (QED) is 0.549. The number of hydrogen-bond donors (Lipinski definition) is 2. The number of amides is 3. The van der Waals surface area contributed by atoms with Crippen LogP contribution < -0.4 is 20.3 Å². The van der Waals surface area contributed by atoms with Crippen molar-refractivity contribution in [1.29, 1.82) is 0 Å². The van der Waals surface area contributed by atoms with Crippen molar-refractivity contribution >= 4 is 34.8 Å². The minimum Gasteiger partial charge on any atom is -0.497 e. The van der Waals surface area contributed by atoms with Gasteiger partial charge in [0.25, 0.3) is 11.8 Å². The number of ether oxygens (including phenoxy) is 1. The fourth-order valence-electron chi connectivity index (χ4n) is 3.78. The molecule has 3 amide bonds. The lowest BCUT2D eigenvalue weighted by Gasteiger charge is -2.26. The van der Waals surface area contributed by atoms with Crippen LogP contribution in [0.3, 0.4) is 0 Å². The second-order valence-corrected chi connectivity index (χ2v) is 7.88. The van der Waals surface area contributed by atoms with E-state index in [4.69, 9.17) is 4.74 Å².